The quantitative estimate of drug-likeness (QED) is 0.578. The van der Waals surface area contributed by atoms with Gasteiger partial charge < -0.3 is 5.32 Å². The van der Waals surface area contributed by atoms with E-state index < -0.39 is 10.8 Å². The Kier molecular flexibility index (Phi) is 4.47. The van der Waals surface area contributed by atoms with E-state index >= 15 is 0 Å². The van der Waals surface area contributed by atoms with Crippen molar-refractivity contribution in [3.63, 3.8) is 0 Å². The van der Waals surface area contributed by atoms with Crippen LogP contribution in [0.4, 0.5) is 5.69 Å². The fraction of sp³-hybridized carbons (Fsp3) is 0.111. The number of nitrogens with zero attached hydrogens (tertiary/aromatic N) is 2. The van der Waals surface area contributed by atoms with Gasteiger partial charge in [-0.1, -0.05) is 36.4 Å². The van der Waals surface area contributed by atoms with Gasteiger partial charge in [0.25, 0.3) is 11.6 Å². The van der Waals surface area contributed by atoms with Crippen molar-refractivity contribution in [3.8, 4) is 0 Å². The Hall–Kier alpha value is -3.28. The maximum absolute atomic E-state index is 12.2. The maximum atomic E-state index is 12.2. The second kappa shape index (κ2) is 6.87. The Labute approximate surface area is 138 Å². The summed E-state index contributed by atoms with van der Waals surface area (Å²) in [7, 11) is 0. The number of hydrogen-bond acceptors (Lipinski definition) is 4. The summed E-state index contributed by atoms with van der Waals surface area (Å²) in [6.45, 7) is 0.376. The van der Waals surface area contributed by atoms with Crippen molar-refractivity contribution in [2.45, 2.75) is 6.42 Å². The molecule has 3 rings (SSSR count). The first-order valence-electron chi connectivity index (χ1n) is 7.51. The summed E-state index contributed by atoms with van der Waals surface area (Å²) in [4.78, 5) is 27.0. The van der Waals surface area contributed by atoms with Gasteiger partial charge in [-0.3, -0.25) is 19.9 Å². The highest BCUT2D eigenvalue weighted by molar-refractivity contribution is 5.98. The number of pyridine rings is 1. The third-order valence-electron chi connectivity index (χ3n) is 3.74. The number of aromatic nitrogens is 1. The number of carbonyl (C=O) groups is 1. The zero-order valence-electron chi connectivity index (χ0n) is 12.8. The lowest BCUT2D eigenvalue weighted by Crippen LogP contribution is -2.26. The molecule has 0 saturated carbocycles. The molecule has 0 unspecified atom stereocenters. The summed E-state index contributed by atoms with van der Waals surface area (Å²) < 4.78 is 0. The Morgan fingerprint density at radius 2 is 1.88 bits per heavy atom. The highest BCUT2D eigenvalue weighted by Gasteiger charge is 2.18. The van der Waals surface area contributed by atoms with Crippen molar-refractivity contribution in [3.05, 3.63) is 82.0 Å². The third kappa shape index (κ3) is 3.22. The van der Waals surface area contributed by atoms with Crippen LogP contribution in [-0.2, 0) is 6.42 Å². The number of hydrogen-bond donors (Lipinski definition) is 1. The molecule has 120 valence electrons. The minimum absolute atomic E-state index is 0.0681. The molecule has 1 heterocycles. The van der Waals surface area contributed by atoms with Gasteiger partial charge in [0.1, 0.15) is 5.56 Å². The standard InChI is InChI=1S/C18H15N3O3/c22-18(15-8-1-2-9-16(15)21(23)24)20-12-10-14-6-3-5-13-7-4-11-19-17(13)14/h1-9,11H,10,12H2,(H,20,22). The van der Waals surface area contributed by atoms with E-state index in [0.717, 1.165) is 16.5 Å². The summed E-state index contributed by atoms with van der Waals surface area (Å²) >= 11 is 0. The van der Waals surface area contributed by atoms with Crippen LogP contribution in [-0.4, -0.2) is 22.4 Å². The van der Waals surface area contributed by atoms with Crippen molar-refractivity contribution in [2.24, 2.45) is 0 Å². The lowest BCUT2D eigenvalue weighted by atomic mass is 10.1. The maximum Gasteiger partial charge on any atom is 0.282 e. The van der Waals surface area contributed by atoms with Crippen LogP contribution >= 0.6 is 0 Å². The van der Waals surface area contributed by atoms with Crippen molar-refractivity contribution >= 4 is 22.5 Å². The van der Waals surface area contributed by atoms with E-state index in [-0.39, 0.29) is 11.3 Å². The largest absolute Gasteiger partial charge is 0.351 e. The Morgan fingerprint density at radius 1 is 1.08 bits per heavy atom. The second-order valence-electron chi connectivity index (χ2n) is 5.27. The number of benzene rings is 2. The molecule has 1 N–H and O–H groups in total. The number of carbonyl (C=O) groups excluding carboxylic acids is 1. The van der Waals surface area contributed by atoms with Gasteiger partial charge in [-0.15, -0.1) is 0 Å². The minimum Gasteiger partial charge on any atom is -0.351 e. The molecule has 0 fully saturated rings. The molecule has 0 spiro atoms. The summed E-state index contributed by atoms with van der Waals surface area (Å²) in [5.74, 6) is -0.449. The zero-order chi connectivity index (χ0) is 16.9. The van der Waals surface area contributed by atoms with E-state index in [9.17, 15) is 14.9 Å². The number of para-hydroxylation sites is 2. The van der Waals surface area contributed by atoms with Crippen LogP contribution < -0.4 is 5.32 Å². The molecule has 0 saturated heterocycles. The molecule has 24 heavy (non-hydrogen) atoms. The second-order valence-corrected chi connectivity index (χ2v) is 5.27. The van der Waals surface area contributed by atoms with Crippen LogP contribution in [0, 0.1) is 10.1 Å². The average Bonchev–Trinajstić information content (AvgIpc) is 2.61. The molecule has 0 aliphatic rings. The predicted molar refractivity (Wildman–Crippen MR) is 90.9 cm³/mol. The molecule has 0 aliphatic carbocycles. The van der Waals surface area contributed by atoms with Crippen molar-refractivity contribution < 1.29 is 9.72 Å². The zero-order valence-corrected chi connectivity index (χ0v) is 12.8. The van der Waals surface area contributed by atoms with E-state index in [0.29, 0.717) is 13.0 Å². The van der Waals surface area contributed by atoms with Gasteiger partial charge in [-0.2, -0.15) is 0 Å². The topological polar surface area (TPSA) is 85.1 Å². The van der Waals surface area contributed by atoms with E-state index in [4.69, 9.17) is 0 Å². The van der Waals surface area contributed by atoms with Crippen LogP contribution in [0.2, 0.25) is 0 Å². The van der Waals surface area contributed by atoms with Crippen molar-refractivity contribution in [1.29, 1.82) is 0 Å². The van der Waals surface area contributed by atoms with Crippen molar-refractivity contribution in [2.75, 3.05) is 6.54 Å². The van der Waals surface area contributed by atoms with Gasteiger partial charge in [0.2, 0.25) is 0 Å². The highest BCUT2D eigenvalue weighted by Crippen LogP contribution is 2.18. The molecule has 1 aromatic heterocycles. The number of rotatable bonds is 5. The first kappa shape index (κ1) is 15.6. The number of fused-ring (bicyclic) bond motifs is 1. The molecule has 0 radical (unpaired) electrons. The van der Waals surface area contributed by atoms with Crippen LogP contribution in [0.15, 0.2) is 60.8 Å². The van der Waals surface area contributed by atoms with Gasteiger partial charge in [-0.25, -0.2) is 0 Å². The van der Waals surface area contributed by atoms with Gasteiger partial charge in [0.05, 0.1) is 10.4 Å². The molecular weight excluding hydrogens is 306 g/mol. The molecule has 0 aliphatic heterocycles. The molecule has 0 bridgehead atoms. The van der Waals surface area contributed by atoms with Crippen LogP contribution in [0.5, 0.6) is 0 Å². The van der Waals surface area contributed by atoms with Crippen LogP contribution in [0.25, 0.3) is 10.9 Å². The predicted octanol–water partition coefficient (Wildman–Crippen LogP) is 3.12. The van der Waals surface area contributed by atoms with Gasteiger partial charge in [-0.05, 0) is 24.1 Å². The number of nitro groups is 1. The highest BCUT2D eigenvalue weighted by atomic mass is 16.6. The molecule has 0 atom stereocenters. The number of nitrogens with one attached hydrogen (secondary N) is 1. The smallest absolute Gasteiger partial charge is 0.282 e. The summed E-state index contributed by atoms with van der Waals surface area (Å²) in [5.41, 5.74) is 1.80. The van der Waals surface area contributed by atoms with Gasteiger partial charge in [0.15, 0.2) is 0 Å². The van der Waals surface area contributed by atoms with Crippen molar-refractivity contribution in [1.82, 2.24) is 10.3 Å². The van der Waals surface area contributed by atoms with Gasteiger partial charge >= 0.3 is 0 Å². The first-order chi connectivity index (χ1) is 11.7. The third-order valence-corrected chi connectivity index (χ3v) is 3.74. The average molecular weight is 321 g/mol. The normalized spacial score (nSPS) is 10.5. The lowest BCUT2D eigenvalue weighted by molar-refractivity contribution is -0.385. The molecule has 6 heteroatoms. The Balaban J connectivity index is 1.70. The molecule has 1 amide bonds. The number of amides is 1. The number of nitro benzene ring substituents is 1. The summed E-state index contributed by atoms with van der Waals surface area (Å²) in [6.07, 6.45) is 2.33. The fourth-order valence-corrected chi connectivity index (χ4v) is 2.60. The Bertz CT molecular complexity index is 903. The monoisotopic (exact) mass is 321 g/mol. The fourth-order valence-electron chi connectivity index (χ4n) is 2.60. The minimum atomic E-state index is -0.552. The Morgan fingerprint density at radius 3 is 2.71 bits per heavy atom. The lowest BCUT2D eigenvalue weighted by Gasteiger charge is -2.08. The van der Waals surface area contributed by atoms with Gasteiger partial charge in [0, 0.05) is 24.2 Å². The summed E-state index contributed by atoms with van der Waals surface area (Å²) in [5, 5.41) is 14.8. The SMILES string of the molecule is O=C(NCCc1cccc2cccnc12)c1ccccc1[N+](=O)[O-]. The molecule has 2 aromatic carbocycles. The summed E-state index contributed by atoms with van der Waals surface area (Å²) in [6, 6.07) is 15.7. The van der Waals surface area contributed by atoms with E-state index in [1.165, 1.54) is 18.2 Å². The molecular formula is C18H15N3O3. The van der Waals surface area contributed by atoms with E-state index in [1.807, 2.05) is 30.3 Å². The van der Waals surface area contributed by atoms with Crippen LogP contribution in [0.1, 0.15) is 15.9 Å². The van der Waals surface area contributed by atoms with Crippen LogP contribution in [0.3, 0.4) is 0 Å². The molecule has 6 nitrogen and oxygen atoms in total. The molecule has 3 aromatic rings. The van der Waals surface area contributed by atoms with E-state index in [1.54, 1.807) is 12.3 Å². The first-order valence-corrected chi connectivity index (χ1v) is 7.51. The van der Waals surface area contributed by atoms with E-state index in [2.05, 4.69) is 10.3 Å².